The van der Waals surface area contributed by atoms with Crippen LogP contribution in [0.1, 0.15) is 17.2 Å². The largest absolute Gasteiger partial charge is 0.387 e. The van der Waals surface area contributed by atoms with Gasteiger partial charge in [0.1, 0.15) is 18.3 Å². The van der Waals surface area contributed by atoms with Crippen LogP contribution in [0, 0.1) is 0 Å². The van der Waals surface area contributed by atoms with Crippen molar-refractivity contribution in [2.45, 2.75) is 18.3 Å². The Morgan fingerprint density at radius 3 is 1.90 bits per heavy atom. The fourth-order valence-electron chi connectivity index (χ4n) is 1.92. The minimum absolute atomic E-state index is 0.576. The normalized spacial score (nSPS) is 15.9. The lowest BCUT2D eigenvalue weighted by Gasteiger charge is -2.21. The smallest absolute Gasteiger partial charge is 0.113 e. The summed E-state index contributed by atoms with van der Waals surface area (Å²) in [5.74, 6) is 0. The molecule has 2 rings (SSSR count). The maximum absolute atomic E-state index is 10.0. The van der Waals surface area contributed by atoms with Gasteiger partial charge < -0.3 is 15.3 Å². The van der Waals surface area contributed by atoms with E-state index >= 15 is 0 Å². The number of hydrogen-bond acceptors (Lipinski definition) is 3. The van der Waals surface area contributed by atoms with Gasteiger partial charge in [-0.15, -0.1) is 0 Å². The van der Waals surface area contributed by atoms with E-state index in [4.69, 9.17) is 0 Å². The summed E-state index contributed by atoms with van der Waals surface area (Å²) in [6.07, 6.45) is -0.327. The van der Waals surface area contributed by atoms with E-state index in [1.165, 1.54) is 6.08 Å². The van der Waals surface area contributed by atoms with Crippen LogP contribution in [0.5, 0.6) is 0 Å². The third-order valence-corrected chi connectivity index (χ3v) is 3.10. The second kappa shape index (κ2) is 7.01. The van der Waals surface area contributed by atoms with Crippen molar-refractivity contribution in [2.24, 2.45) is 0 Å². The third-order valence-electron chi connectivity index (χ3n) is 3.10. The maximum atomic E-state index is 10.0. The molecule has 20 heavy (non-hydrogen) atoms. The van der Waals surface area contributed by atoms with Crippen molar-refractivity contribution >= 4 is 6.08 Å². The Hall–Kier alpha value is -1.94. The van der Waals surface area contributed by atoms with Gasteiger partial charge in [-0.1, -0.05) is 72.8 Å². The average molecular weight is 270 g/mol. The summed E-state index contributed by atoms with van der Waals surface area (Å²) in [4.78, 5) is 0. The number of aliphatic hydroxyl groups is 3. The fourth-order valence-corrected chi connectivity index (χ4v) is 1.92. The van der Waals surface area contributed by atoms with Gasteiger partial charge in [-0.3, -0.25) is 0 Å². The summed E-state index contributed by atoms with van der Waals surface area (Å²) in [6.45, 7) is 0. The van der Waals surface area contributed by atoms with Crippen molar-refractivity contribution in [1.82, 2.24) is 0 Å². The highest BCUT2D eigenvalue weighted by molar-refractivity contribution is 5.49. The van der Waals surface area contributed by atoms with Crippen LogP contribution in [-0.4, -0.2) is 27.5 Å². The van der Waals surface area contributed by atoms with E-state index in [0.717, 1.165) is 5.56 Å². The molecule has 0 aliphatic rings. The Morgan fingerprint density at radius 1 is 0.750 bits per heavy atom. The van der Waals surface area contributed by atoms with Gasteiger partial charge in [0.15, 0.2) is 0 Å². The monoisotopic (exact) mass is 270 g/mol. The summed E-state index contributed by atoms with van der Waals surface area (Å²) in [7, 11) is 0. The van der Waals surface area contributed by atoms with Crippen LogP contribution in [0.25, 0.3) is 6.08 Å². The van der Waals surface area contributed by atoms with Crippen LogP contribution in [0.15, 0.2) is 66.7 Å². The van der Waals surface area contributed by atoms with Crippen molar-refractivity contribution < 1.29 is 15.3 Å². The first-order valence-corrected chi connectivity index (χ1v) is 6.51. The standard InChI is InChI=1S/C17H18O3/c18-15(12-11-13-7-3-1-4-8-13)17(20)16(19)14-9-5-2-6-10-14/h1-12,15-20H/b12-11+/t15-,16+,17+/m0/s1. The molecule has 104 valence electrons. The van der Waals surface area contributed by atoms with Crippen LogP contribution in [-0.2, 0) is 0 Å². The molecule has 0 fully saturated rings. The highest BCUT2D eigenvalue weighted by atomic mass is 16.4. The maximum Gasteiger partial charge on any atom is 0.113 e. The van der Waals surface area contributed by atoms with Crippen LogP contribution >= 0.6 is 0 Å². The van der Waals surface area contributed by atoms with Gasteiger partial charge in [0.2, 0.25) is 0 Å². The molecule has 2 aromatic rings. The highest BCUT2D eigenvalue weighted by Crippen LogP contribution is 2.19. The molecule has 3 atom stereocenters. The number of rotatable bonds is 5. The number of aliphatic hydroxyl groups excluding tert-OH is 3. The first-order valence-electron chi connectivity index (χ1n) is 6.51. The van der Waals surface area contributed by atoms with E-state index in [-0.39, 0.29) is 0 Å². The van der Waals surface area contributed by atoms with E-state index in [1.807, 2.05) is 36.4 Å². The third kappa shape index (κ3) is 3.78. The van der Waals surface area contributed by atoms with Gasteiger partial charge in [-0.25, -0.2) is 0 Å². The summed E-state index contributed by atoms with van der Waals surface area (Å²) in [5, 5.41) is 29.9. The van der Waals surface area contributed by atoms with Crippen LogP contribution in [0.2, 0.25) is 0 Å². The SMILES string of the molecule is O[C@@H]([C@H](O)c1ccccc1)[C@@H](O)/C=C/c1ccccc1. The van der Waals surface area contributed by atoms with Crippen molar-refractivity contribution in [1.29, 1.82) is 0 Å². The second-order valence-corrected chi connectivity index (χ2v) is 4.61. The van der Waals surface area contributed by atoms with Gasteiger partial charge in [0.25, 0.3) is 0 Å². The van der Waals surface area contributed by atoms with Gasteiger partial charge in [-0.05, 0) is 11.1 Å². The fraction of sp³-hybridized carbons (Fsp3) is 0.176. The average Bonchev–Trinajstić information content (AvgIpc) is 2.53. The predicted molar refractivity (Wildman–Crippen MR) is 78.9 cm³/mol. The molecule has 0 saturated carbocycles. The Kier molecular flexibility index (Phi) is 5.07. The molecule has 0 aromatic heterocycles. The number of benzene rings is 2. The molecule has 2 aromatic carbocycles. The zero-order valence-electron chi connectivity index (χ0n) is 11.0. The summed E-state index contributed by atoms with van der Waals surface area (Å²) in [5.41, 5.74) is 1.50. The second-order valence-electron chi connectivity index (χ2n) is 4.61. The molecule has 3 N–H and O–H groups in total. The van der Waals surface area contributed by atoms with Crippen molar-refractivity contribution in [2.75, 3.05) is 0 Å². The predicted octanol–water partition coefficient (Wildman–Crippen LogP) is 2.16. The van der Waals surface area contributed by atoms with Gasteiger partial charge in [-0.2, -0.15) is 0 Å². The molecule has 3 heteroatoms. The quantitative estimate of drug-likeness (QED) is 0.780. The molecule has 0 saturated heterocycles. The Balaban J connectivity index is 2.02. The molecule has 0 bridgehead atoms. The summed E-state index contributed by atoms with van der Waals surface area (Å²) < 4.78 is 0. The minimum Gasteiger partial charge on any atom is -0.387 e. The van der Waals surface area contributed by atoms with Crippen LogP contribution in [0.3, 0.4) is 0 Å². The molecule has 0 heterocycles. The van der Waals surface area contributed by atoms with E-state index in [1.54, 1.807) is 30.3 Å². The molecule has 3 nitrogen and oxygen atoms in total. The molecular weight excluding hydrogens is 252 g/mol. The summed E-state index contributed by atoms with van der Waals surface area (Å²) >= 11 is 0. The Morgan fingerprint density at radius 2 is 1.30 bits per heavy atom. The lowest BCUT2D eigenvalue weighted by Crippen LogP contribution is -2.30. The first-order chi connectivity index (χ1) is 9.68. The zero-order valence-corrected chi connectivity index (χ0v) is 11.0. The lowest BCUT2D eigenvalue weighted by molar-refractivity contribution is -0.0423. The van der Waals surface area contributed by atoms with Gasteiger partial charge in [0.05, 0.1) is 0 Å². The lowest BCUT2D eigenvalue weighted by atomic mass is 10.00. The Bertz CT molecular complexity index is 537. The summed E-state index contributed by atoms with van der Waals surface area (Å²) in [6, 6.07) is 18.3. The van der Waals surface area contributed by atoms with Crippen molar-refractivity contribution in [3.05, 3.63) is 77.9 Å². The molecule has 0 spiro atoms. The molecule has 0 radical (unpaired) electrons. The van der Waals surface area contributed by atoms with Gasteiger partial charge >= 0.3 is 0 Å². The minimum atomic E-state index is -1.27. The molecule has 0 aliphatic heterocycles. The van der Waals surface area contributed by atoms with E-state index in [9.17, 15) is 15.3 Å². The zero-order chi connectivity index (χ0) is 14.4. The molecule has 0 unspecified atom stereocenters. The molecule has 0 aliphatic carbocycles. The number of hydrogen-bond donors (Lipinski definition) is 3. The highest BCUT2D eigenvalue weighted by Gasteiger charge is 2.23. The van der Waals surface area contributed by atoms with Crippen LogP contribution in [0.4, 0.5) is 0 Å². The van der Waals surface area contributed by atoms with Crippen molar-refractivity contribution in [3.8, 4) is 0 Å². The van der Waals surface area contributed by atoms with Gasteiger partial charge in [0, 0.05) is 0 Å². The first kappa shape index (κ1) is 14.5. The van der Waals surface area contributed by atoms with E-state index < -0.39 is 18.3 Å². The Labute approximate surface area is 118 Å². The van der Waals surface area contributed by atoms with E-state index in [2.05, 4.69) is 0 Å². The van der Waals surface area contributed by atoms with Crippen LogP contribution < -0.4 is 0 Å². The van der Waals surface area contributed by atoms with Crippen molar-refractivity contribution in [3.63, 3.8) is 0 Å². The topological polar surface area (TPSA) is 60.7 Å². The molecule has 0 amide bonds. The molecular formula is C17H18O3. The van der Waals surface area contributed by atoms with E-state index in [0.29, 0.717) is 5.56 Å².